The van der Waals surface area contributed by atoms with Gasteiger partial charge in [-0.05, 0) is 53.9 Å². The van der Waals surface area contributed by atoms with Gasteiger partial charge in [-0.2, -0.15) is 5.10 Å². The van der Waals surface area contributed by atoms with Crippen LogP contribution in [0.4, 0.5) is 0 Å². The van der Waals surface area contributed by atoms with Gasteiger partial charge in [-0.1, -0.05) is 29.8 Å². The molecule has 0 atom stereocenters. The number of benzene rings is 2. The minimum atomic E-state index is -3.74. The zero-order valence-electron chi connectivity index (χ0n) is 13.9. The van der Waals surface area contributed by atoms with Gasteiger partial charge in [0.05, 0.1) is 26.8 Å². The molecule has 27 heavy (non-hydrogen) atoms. The minimum absolute atomic E-state index is 0.0639. The Bertz CT molecular complexity index is 1180. The molecule has 0 aliphatic heterocycles. The zero-order valence-corrected chi connectivity index (χ0v) is 16.3. The van der Waals surface area contributed by atoms with Crippen molar-refractivity contribution in [3.63, 3.8) is 0 Å². The number of primary sulfonamides is 1. The lowest BCUT2D eigenvalue weighted by Crippen LogP contribution is -2.12. The standard InChI is InChI=1S/C19H14ClN3O2S2/c20-14-5-3-13(4-6-14)17-12-18(19-2-1-11-26-19)23(22-17)15-7-9-16(10-8-15)27(21,24)25/h1-12H,(H2,21,24,25). The van der Waals surface area contributed by atoms with E-state index in [1.807, 2.05) is 47.8 Å². The number of hydrogen-bond donors (Lipinski definition) is 1. The molecule has 0 unspecified atom stereocenters. The van der Waals surface area contributed by atoms with Crippen molar-refractivity contribution in [2.24, 2.45) is 5.14 Å². The van der Waals surface area contributed by atoms with Gasteiger partial charge in [0.2, 0.25) is 10.0 Å². The van der Waals surface area contributed by atoms with Gasteiger partial charge in [0, 0.05) is 10.6 Å². The van der Waals surface area contributed by atoms with Crippen LogP contribution in [0.2, 0.25) is 5.02 Å². The number of halogens is 1. The van der Waals surface area contributed by atoms with Crippen molar-refractivity contribution in [2.45, 2.75) is 4.90 Å². The number of rotatable bonds is 4. The molecule has 4 aromatic rings. The van der Waals surface area contributed by atoms with Crippen molar-refractivity contribution in [2.75, 3.05) is 0 Å². The summed E-state index contributed by atoms with van der Waals surface area (Å²) >= 11 is 7.59. The normalized spacial score (nSPS) is 11.6. The van der Waals surface area contributed by atoms with Crippen molar-refractivity contribution < 1.29 is 8.42 Å². The quantitative estimate of drug-likeness (QED) is 0.530. The molecule has 0 saturated carbocycles. The number of sulfonamides is 1. The molecular formula is C19H14ClN3O2S2. The highest BCUT2D eigenvalue weighted by molar-refractivity contribution is 7.89. The van der Waals surface area contributed by atoms with Crippen LogP contribution in [0.25, 0.3) is 27.5 Å². The zero-order chi connectivity index (χ0) is 19.0. The molecule has 5 nitrogen and oxygen atoms in total. The molecule has 0 aliphatic rings. The largest absolute Gasteiger partial charge is 0.238 e. The predicted molar refractivity (Wildman–Crippen MR) is 109 cm³/mol. The third-order valence-corrected chi connectivity index (χ3v) is 6.11. The fourth-order valence-electron chi connectivity index (χ4n) is 2.72. The van der Waals surface area contributed by atoms with Crippen LogP contribution in [-0.2, 0) is 10.0 Å². The fourth-order valence-corrected chi connectivity index (χ4v) is 4.08. The van der Waals surface area contributed by atoms with E-state index in [2.05, 4.69) is 0 Å². The summed E-state index contributed by atoms with van der Waals surface area (Å²) in [6.45, 7) is 0. The van der Waals surface area contributed by atoms with E-state index in [0.29, 0.717) is 5.02 Å². The second-order valence-electron chi connectivity index (χ2n) is 5.85. The molecular weight excluding hydrogens is 402 g/mol. The summed E-state index contributed by atoms with van der Waals surface area (Å²) in [5.41, 5.74) is 3.40. The second kappa shape index (κ2) is 6.94. The van der Waals surface area contributed by atoms with Crippen molar-refractivity contribution in [3.05, 3.63) is 77.1 Å². The van der Waals surface area contributed by atoms with E-state index < -0.39 is 10.0 Å². The average Bonchev–Trinajstić information content (AvgIpc) is 3.31. The van der Waals surface area contributed by atoms with Crippen LogP contribution in [-0.4, -0.2) is 18.2 Å². The molecule has 4 rings (SSSR count). The molecule has 2 heterocycles. The molecule has 2 aromatic carbocycles. The maximum Gasteiger partial charge on any atom is 0.238 e. The van der Waals surface area contributed by atoms with Crippen LogP contribution in [0.1, 0.15) is 0 Å². The Kier molecular flexibility index (Phi) is 4.61. The highest BCUT2D eigenvalue weighted by Crippen LogP contribution is 2.32. The highest BCUT2D eigenvalue weighted by Gasteiger charge is 2.15. The third-order valence-electron chi connectivity index (χ3n) is 4.03. The topological polar surface area (TPSA) is 78.0 Å². The van der Waals surface area contributed by atoms with Crippen molar-refractivity contribution >= 4 is 33.0 Å². The molecule has 0 saturated heterocycles. The first-order valence-corrected chi connectivity index (χ1v) is 10.8. The lowest BCUT2D eigenvalue weighted by Gasteiger charge is -2.07. The Balaban J connectivity index is 1.85. The van der Waals surface area contributed by atoms with Gasteiger partial charge in [0.1, 0.15) is 0 Å². The Morgan fingerprint density at radius 3 is 2.30 bits per heavy atom. The van der Waals surface area contributed by atoms with Crippen molar-refractivity contribution in [1.29, 1.82) is 0 Å². The highest BCUT2D eigenvalue weighted by atomic mass is 35.5. The van der Waals surface area contributed by atoms with E-state index >= 15 is 0 Å². The lowest BCUT2D eigenvalue weighted by molar-refractivity contribution is 0.598. The molecule has 0 radical (unpaired) electrons. The summed E-state index contributed by atoms with van der Waals surface area (Å²) < 4.78 is 24.8. The first kappa shape index (κ1) is 17.9. The van der Waals surface area contributed by atoms with Crippen LogP contribution in [0.15, 0.2) is 77.0 Å². The van der Waals surface area contributed by atoms with Gasteiger partial charge in [-0.3, -0.25) is 0 Å². The van der Waals surface area contributed by atoms with Crippen LogP contribution in [0, 0.1) is 0 Å². The number of thiophene rings is 1. The van der Waals surface area contributed by atoms with E-state index in [0.717, 1.165) is 27.5 Å². The van der Waals surface area contributed by atoms with E-state index in [-0.39, 0.29) is 4.90 Å². The van der Waals surface area contributed by atoms with Gasteiger partial charge in [-0.25, -0.2) is 18.2 Å². The average molecular weight is 416 g/mol. The number of aromatic nitrogens is 2. The van der Waals surface area contributed by atoms with Crippen LogP contribution in [0.3, 0.4) is 0 Å². The maximum atomic E-state index is 11.5. The van der Waals surface area contributed by atoms with E-state index in [4.69, 9.17) is 21.8 Å². The number of nitrogens with zero attached hydrogens (tertiary/aromatic N) is 2. The molecule has 136 valence electrons. The Morgan fingerprint density at radius 2 is 1.70 bits per heavy atom. The van der Waals surface area contributed by atoms with Crippen molar-refractivity contribution in [3.8, 4) is 27.5 Å². The SMILES string of the molecule is NS(=O)(=O)c1ccc(-n2nc(-c3ccc(Cl)cc3)cc2-c2cccs2)cc1. The summed E-state index contributed by atoms with van der Waals surface area (Å²) in [7, 11) is -3.74. The van der Waals surface area contributed by atoms with Crippen LogP contribution < -0.4 is 5.14 Å². The summed E-state index contributed by atoms with van der Waals surface area (Å²) in [6.07, 6.45) is 0. The van der Waals surface area contributed by atoms with Gasteiger partial charge < -0.3 is 0 Å². The fraction of sp³-hybridized carbons (Fsp3) is 0. The molecule has 8 heteroatoms. The molecule has 0 spiro atoms. The summed E-state index contributed by atoms with van der Waals surface area (Å²) in [5, 5.41) is 12.6. The molecule has 0 amide bonds. The minimum Gasteiger partial charge on any atom is -0.232 e. The van der Waals surface area contributed by atoms with Crippen LogP contribution in [0.5, 0.6) is 0 Å². The van der Waals surface area contributed by atoms with Gasteiger partial charge >= 0.3 is 0 Å². The Labute approximate surface area is 165 Å². The molecule has 2 aromatic heterocycles. The van der Waals surface area contributed by atoms with Gasteiger partial charge in [0.15, 0.2) is 0 Å². The Hall–Kier alpha value is -2.45. The first-order chi connectivity index (χ1) is 12.9. The van der Waals surface area contributed by atoms with E-state index in [9.17, 15) is 8.42 Å². The summed E-state index contributed by atoms with van der Waals surface area (Å²) in [6, 6.07) is 19.8. The summed E-state index contributed by atoms with van der Waals surface area (Å²) in [5.74, 6) is 0. The predicted octanol–water partition coefficient (Wildman–Crippen LogP) is 4.57. The van der Waals surface area contributed by atoms with Gasteiger partial charge in [0.25, 0.3) is 0 Å². The molecule has 0 bridgehead atoms. The number of hydrogen-bond acceptors (Lipinski definition) is 4. The van der Waals surface area contributed by atoms with E-state index in [1.54, 1.807) is 28.2 Å². The number of nitrogens with two attached hydrogens (primary N) is 1. The van der Waals surface area contributed by atoms with Crippen LogP contribution >= 0.6 is 22.9 Å². The van der Waals surface area contributed by atoms with Crippen molar-refractivity contribution in [1.82, 2.24) is 9.78 Å². The molecule has 0 fully saturated rings. The third kappa shape index (κ3) is 3.68. The smallest absolute Gasteiger partial charge is 0.232 e. The molecule has 0 aliphatic carbocycles. The second-order valence-corrected chi connectivity index (χ2v) is 8.80. The summed E-state index contributed by atoms with van der Waals surface area (Å²) in [4.78, 5) is 1.12. The lowest BCUT2D eigenvalue weighted by atomic mass is 10.1. The Morgan fingerprint density at radius 1 is 1.00 bits per heavy atom. The first-order valence-electron chi connectivity index (χ1n) is 7.95. The molecule has 2 N–H and O–H groups in total. The maximum absolute atomic E-state index is 11.5. The van der Waals surface area contributed by atoms with E-state index in [1.165, 1.54) is 12.1 Å². The van der Waals surface area contributed by atoms with Gasteiger partial charge in [-0.15, -0.1) is 11.3 Å². The monoisotopic (exact) mass is 415 g/mol.